The first-order chi connectivity index (χ1) is 9.31. The second-order valence-electron chi connectivity index (χ2n) is 3.57. The van der Waals surface area contributed by atoms with Gasteiger partial charge in [0.2, 0.25) is 0 Å². The molecule has 96 valence electrons. The number of carbonyl (C=O) groups is 1. The van der Waals surface area contributed by atoms with E-state index in [0.29, 0.717) is 17.7 Å². The van der Waals surface area contributed by atoms with Crippen LogP contribution in [0.25, 0.3) is 0 Å². The van der Waals surface area contributed by atoms with Crippen LogP contribution < -0.4 is 5.32 Å². The summed E-state index contributed by atoms with van der Waals surface area (Å²) in [4.78, 5) is 11.9. The molecule has 0 unspecified atom stereocenters. The highest BCUT2D eigenvalue weighted by Crippen LogP contribution is 2.14. The van der Waals surface area contributed by atoms with Crippen molar-refractivity contribution in [2.45, 2.75) is 6.42 Å². The van der Waals surface area contributed by atoms with Crippen LogP contribution in [0.3, 0.4) is 0 Å². The molecule has 1 amide bonds. The monoisotopic (exact) mass is 273 g/mol. The fourth-order valence-corrected chi connectivity index (χ4v) is 1.80. The summed E-state index contributed by atoms with van der Waals surface area (Å²) in [5.74, 6) is 5.41. The first-order valence-electron chi connectivity index (χ1n) is 5.58. The molecule has 0 saturated carbocycles. The van der Waals surface area contributed by atoms with Gasteiger partial charge in [0.15, 0.2) is 5.69 Å². The number of benzene rings is 1. The highest BCUT2D eigenvalue weighted by molar-refractivity contribution is 7.03. The first-order valence-corrected chi connectivity index (χ1v) is 6.42. The van der Waals surface area contributed by atoms with E-state index in [1.807, 2.05) is 12.1 Å². The fourth-order valence-electron chi connectivity index (χ4n) is 1.36. The third-order valence-corrected chi connectivity index (χ3v) is 2.73. The van der Waals surface area contributed by atoms with E-state index >= 15 is 0 Å². The average molecular weight is 273 g/mol. The molecule has 0 atom stereocenters. The average Bonchev–Trinajstić information content (AvgIpc) is 2.95. The summed E-state index contributed by atoms with van der Waals surface area (Å²) in [6.45, 7) is 0.0199. The summed E-state index contributed by atoms with van der Waals surface area (Å²) >= 11 is 1.12. The number of rotatable bonds is 3. The van der Waals surface area contributed by atoms with Crippen LogP contribution in [0.15, 0.2) is 29.6 Å². The van der Waals surface area contributed by atoms with Crippen molar-refractivity contribution in [1.82, 2.24) is 9.59 Å². The van der Waals surface area contributed by atoms with E-state index in [1.54, 1.807) is 17.5 Å². The minimum atomic E-state index is -0.315. The SMILES string of the molecule is O=C(Nc1ccccc1C#CCCO)c1csnn1. The number of carbonyl (C=O) groups excluding carboxylic acids is 1. The molecule has 1 aromatic heterocycles. The van der Waals surface area contributed by atoms with E-state index in [1.165, 1.54) is 0 Å². The van der Waals surface area contributed by atoms with Crippen molar-refractivity contribution in [2.24, 2.45) is 0 Å². The molecule has 0 bridgehead atoms. The van der Waals surface area contributed by atoms with Crippen molar-refractivity contribution in [3.05, 3.63) is 40.9 Å². The largest absolute Gasteiger partial charge is 0.395 e. The minimum Gasteiger partial charge on any atom is -0.395 e. The van der Waals surface area contributed by atoms with Crippen LogP contribution in [-0.4, -0.2) is 27.2 Å². The molecular formula is C13H11N3O2S. The summed E-state index contributed by atoms with van der Waals surface area (Å²) < 4.78 is 3.64. The molecule has 0 fully saturated rings. The number of aliphatic hydroxyl groups is 1. The fraction of sp³-hybridized carbons (Fsp3) is 0.154. The van der Waals surface area contributed by atoms with Gasteiger partial charge in [-0.05, 0) is 23.7 Å². The van der Waals surface area contributed by atoms with E-state index in [-0.39, 0.29) is 18.2 Å². The summed E-state index contributed by atoms with van der Waals surface area (Å²) in [5.41, 5.74) is 1.60. The number of aromatic nitrogens is 2. The van der Waals surface area contributed by atoms with Crippen molar-refractivity contribution in [2.75, 3.05) is 11.9 Å². The van der Waals surface area contributed by atoms with Crippen LogP contribution in [0.1, 0.15) is 22.5 Å². The van der Waals surface area contributed by atoms with Crippen LogP contribution in [0, 0.1) is 11.8 Å². The van der Waals surface area contributed by atoms with Crippen molar-refractivity contribution < 1.29 is 9.90 Å². The third-order valence-electron chi connectivity index (χ3n) is 2.23. The smallest absolute Gasteiger partial charge is 0.277 e. The Morgan fingerprint density at radius 2 is 2.26 bits per heavy atom. The highest BCUT2D eigenvalue weighted by Gasteiger charge is 2.10. The Balaban J connectivity index is 2.17. The lowest BCUT2D eigenvalue weighted by molar-refractivity contribution is 0.102. The summed E-state index contributed by atoms with van der Waals surface area (Å²) in [7, 11) is 0. The zero-order chi connectivity index (χ0) is 13.5. The topological polar surface area (TPSA) is 75.1 Å². The van der Waals surface area contributed by atoms with Crippen molar-refractivity contribution in [3.8, 4) is 11.8 Å². The molecule has 1 aromatic carbocycles. The van der Waals surface area contributed by atoms with Crippen LogP contribution in [-0.2, 0) is 0 Å². The predicted molar refractivity (Wildman–Crippen MR) is 72.9 cm³/mol. The second-order valence-corrected chi connectivity index (χ2v) is 4.18. The van der Waals surface area contributed by atoms with Gasteiger partial charge in [0.25, 0.3) is 5.91 Å². The number of hydrogen-bond acceptors (Lipinski definition) is 5. The van der Waals surface area contributed by atoms with Crippen LogP contribution >= 0.6 is 11.5 Å². The molecule has 5 nitrogen and oxygen atoms in total. The molecule has 2 aromatic rings. The molecular weight excluding hydrogens is 262 g/mol. The lowest BCUT2D eigenvalue weighted by Gasteiger charge is -2.05. The molecule has 2 N–H and O–H groups in total. The zero-order valence-corrected chi connectivity index (χ0v) is 10.8. The van der Waals surface area contributed by atoms with Gasteiger partial charge in [0.1, 0.15) is 0 Å². The molecule has 0 aliphatic rings. The van der Waals surface area contributed by atoms with Crippen molar-refractivity contribution >= 4 is 23.1 Å². The zero-order valence-electron chi connectivity index (χ0n) is 9.96. The molecule has 19 heavy (non-hydrogen) atoms. The van der Waals surface area contributed by atoms with Crippen LogP contribution in [0.5, 0.6) is 0 Å². The third kappa shape index (κ3) is 3.61. The summed E-state index contributed by atoms with van der Waals surface area (Å²) in [6, 6.07) is 7.22. The lowest BCUT2D eigenvalue weighted by atomic mass is 10.1. The summed E-state index contributed by atoms with van der Waals surface area (Å²) in [5, 5.41) is 16.7. The minimum absolute atomic E-state index is 0.0199. The number of nitrogens with one attached hydrogen (secondary N) is 1. The van der Waals surface area contributed by atoms with Gasteiger partial charge in [-0.3, -0.25) is 4.79 Å². The lowest BCUT2D eigenvalue weighted by Crippen LogP contribution is -2.13. The van der Waals surface area contributed by atoms with Gasteiger partial charge in [-0.25, -0.2) is 0 Å². The maximum atomic E-state index is 11.9. The van der Waals surface area contributed by atoms with Crippen LogP contribution in [0.4, 0.5) is 5.69 Å². The van der Waals surface area contributed by atoms with Gasteiger partial charge in [0, 0.05) is 17.4 Å². The van der Waals surface area contributed by atoms with E-state index < -0.39 is 0 Å². The standard InChI is InChI=1S/C13H11N3O2S/c17-8-4-3-6-10-5-1-2-7-11(10)14-13(18)12-9-19-16-15-12/h1-2,5,7,9,17H,4,8H2,(H,14,18). The number of nitrogens with zero attached hydrogens (tertiary/aromatic N) is 2. The number of aliphatic hydroxyl groups excluding tert-OH is 1. The number of para-hydroxylation sites is 1. The molecule has 6 heteroatoms. The van der Waals surface area contributed by atoms with E-state index in [0.717, 1.165) is 11.5 Å². The maximum Gasteiger partial charge on any atom is 0.277 e. The highest BCUT2D eigenvalue weighted by atomic mass is 32.1. The van der Waals surface area contributed by atoms with Gasteiger partial charge in [-0.2, -0.15) is 0 Å². The van der Waals surface area contributed by atoms with Gasteiger partial charge >= 0.3 is 0 Å². The Morgan fingerprint density at radius 3 is 3.00 bits per heavy atom. The van der Waals surface area contributed by atoms with Crippen LogP contribution in [0.2, 0.25) is 0 Å². The first kappa shape index (κ1) is 13.2. The van der Waals surface area contributed by atoms with Gasteiger partial charge in [0.05, 0.1) is 12.3 Å². The molecule has 1 heterocycles. The van der Waals surface area contributed by atoms with E-state index in [9.17, 15) is 4.79 Å². The number of amides is 1. The van der Waals surface area contributed by atoms with E-state index in [2.05, 4.69) is 26.7 Å². The Kier molecular flexibility index (Phi) is 4.61. The maximum absolute atomic E-state index is 11.9. The van der Waals surface area contributed by atoms with Crippen molar-refractivity contribution in [1.29, 1.82) is 0 Å². The number of hydrogen-bond donors (Lipinski definition) is 2. The Morgan fingerprint density at radius 1 is 1.42 bits per heavy atom. The predicted octanol–water partition coefficient (Wildman–Crippen LogP) is 1.52. The molecule has 0 aliphatic heterocycles. The number of anilines is 1. The molecule has 0 aliphatic carbocycles. The Hall–Kier alpha value is -2.23. The van der Waals surface area contributed by atoms with Gasteiger partial charge < -0.3 is 10.4 Å². The van der Waals surface area contributed by atoms with Crippen molar-refractivity contribution in [3.63, 3.8) is 0 Å². The molecule has 0 saturated heterocycles. The van der Waals surface area contributed by atoms with Gasteiger partial charge in [-0.1, -0.05) is 28.5 Å². The van der Waals surface area contributed by atoms with E-state index in [4.69, 9.17) is 5.11 Å². The normalized spacial score (nSPS) is 9.53. The Bertz CT molecular complexity index is 614. The van der Waals surface area contributed by atoms with Gasteiger partial charge in [-0.15, -0.1) is 5.10 Å². The Labute approximate surface area is 114 Å². The molecule has 0 spiro atoms. The molecule has 0 radical (unpaired) electrons. The second kappa shape index (κ2) is 6.64. The quantitative estimate of drug-likeness (QED) is 0.831. The summed E-state index contributed by atoms with van der Waals surface area (Å²) in [6.07, 6.45) is 0.401. The molecule has 2 rings (SSSR count).